The van der Waals surface area contributed by atoms with E-state index in [1.807, 2.05) is 39.6 Å². The molecule has 0 bridgehead atoms. The molecule has 1 heterocycles. The second-order valence-corrected chi connectivity index (χ2v) is 2.50. The summed E-state index contributed by atoms with van der Waals surface area (Å²) in [6, 6.07) is 0. The van der Waals surface area contributed by atoms with Gasteiger partial charge in [-0.2, -0.15) is 0 Å². The van der Waals surface area contributed by atoms with Crippen LogP contribution in [-0.2, 0) is 0 Å². The summed E-state index contributed by atoms with van der Waals surface area (Å²) >= 11 is 0. The highest BCUT2D eigenvalue weighted by Crippen LogP contribution is 2.09. The first kappa shape index (κ1) is 14.4. The van der Waals surface area contributed by atoms with Crippen molar-refractivity contribution in [1.82, 2.24) is 4.90 Å². The number of piperidine rings is 1. The molecule has 1 saturated heterocycles. The fourth-order valence-electron chi connectivity index (χ4n) is 1.10. The molecule has 0 aliphatic carbocycles. The number of rotatable bonds is 0. The molecule has 0 radical (unpaired) electrons. The Hall–Kier alpha value is -0.110. The van der Waals surface area contributed by atoms with E-state index in [0.717, 1.165) is 19.4 Å². The molecular weight excluding hydrogens is 153 g/mol. The summed E-state index contributed by atoms with van der Waals surface area (Å²) in [5, 5.41) is 0. The Kier molecular flexibility index (Phi) is 13.1. The van der Waals surface area contributed by atoms with Crippen LogP contribution in [0.5, 0.6) is 0 Å². The van der Waals surface area contributed by atoms with Gasteiger partial charge >= 0.3 is 0 Å². The predicted octanol–water partition coefficient (Wildman–Crippen LogP) is 3.10. The lowest BCUT2D eigenvalue weighted by atomic mass is 10.1. The van der Waals surface area contributed by atoms with Crippen molar-refractivity contribution in [3.05, 3.63) is 0 Å². The van der Waals surface area contributed by atoms with Crippen molar-refractivity contribution in [2.75, 3.05) is 20.1 Å². The third-order valence-corrected chi connectivity index (χ3v) is 1.57. The van der Waals surface area contributed by atoms with Crippen LogP contribution in [0.1, 0.15) is 40.5 Å². The lowest BCUT2D eigenvalue weighted by molar-refractivity contribution is 0.163. The van der Waals surface area contributed by atoms with Crippen molar-refractivity contribution in [3.8, 4) is 0 Å². The van der Waals surface area contributed by atoms with E-state index in [1.165, 1.54) is 0 Å². The van der Waals surface area contributed by atoms with Gasteiger partial charge in [0.1, 0.15) is 6.17 Å². The molecule has 1 unspecified atom stereocenters. The van der Waals surface area contributed by atoms with Gasteiger partial charge in [-0.25, -0.2) is 4.39 Å². The number of alkyl halides is 1. The summed E-state index contributed by atoms with van der Waals surface area (Å²) in [7, 11) is 1.96. The summed E-state index contributed by atoms with van der Waals surface area (Å²) in [6.45, 7) is 9.71. The number of likely N-dealkylation sites (tertiary alicyclic amines) is 1. The highest BCUT2D eigenvalue weighted by Gasteiger charge is 2.14. The first-order valence-corrected chi connectivity index (χ1v) is 5.11. The Morgan fingerprint density at radius 2 is 1.67 bits per heavy atom. The van der Waals surface area contributed by atoms with Gasteiger partial charge in [0, 0.05) is 6.54 Å². The quantitative estimate of drug-likeness (QED) is 0.549. The average molecular weight is 177 g/mol. The van der Waals surface area contributed by atoms with E-state index in [2.05, 4.69) is 0 Å². The minimum atomic E-state index is -0.561. The van der Waals surface area contributed by atoms with Gasteiger partial charge in [0.05, 0.1) is 0 Å². The molecule has 1 atom stereocenters. The highest BCUT2D eigenvalue weighted by atomic mass is 19.1. The molecule has 1 rings (SSSR count). The average Bonchev–Trinajstić information content (AvgIpc) is 2.11. The van der Waals surface area contributed by atoms with Crippen molar-refractivity contribution in [1.29, 1.82) is 0 Å². The molecular formula is C10H24FN. The topological polar surface area (TPSA) is 3.24 Å². The van der Waals surface area contributed by atoms with Crippen molar-refractivity contribution < 1.29 is 4.39 Å². The Morgan fingerprint density at radius 3 is 1.92 bits per heavy atom. The molecule has 0 aromatic rings. The number of hydrogen-bond acceptors (Lipinski definition) is 1. The maximum absolute atomic E-state index is 12.4. The number of halogens is 1. The van der Waals surface area contributed by atoms with Gasteiger partial charge in [0.15, 0.2) is 0 Å². The molecule has 1 aliphatic rings. The first-order valence-electron chi connectivity index (χ1n) is 5.11. The molecule has 2 heteroatoms. The lowest BCUT2D eigenvalue weighted by Crippen LogP contribution is -2.32. The second kappa shape index (κ2) is 10.9. The van der Waals surface area contributed by atoms with Crippen molar-refractivity contribution >= 4 is 0 Å². The molecule has 12 heavy (non-hydrogen) atoms. The third kappa shape index (κ3) is 7.99. The zero-order valence-corrected chi connectivity index (χ0v) is 9.23. The van der Waals surface area contributed by atoms with Gasteiger partial charge in [0.25, 0.3) is 0 Å². The molecule has 76 valence electrons. The second-order valence-electron chi connectivity index (χ2n) is 2.50. The van der Waals surface area contributed by atoms with E-state index in [4.69, 9.17) is 0 Å². The number of hydrogen-bond donors (Lipinski definition) is 0. The Balaban J connectivity index is 0. The molecule has 0 saturated carbocycles. The summed E-state index contributed by atoms with van der Waals surface area (Å²) in [5.41, 5.74) is 0. The molecule has 1 aliphatic heterocycles. The van der Waals surface area contributed by atoms with Crippen LogP contribution in [0.4, 0.5) is 4.39 Å². The minimum Gasteiger partial charge on any atom is -0.303 e. The van der Waals surface area contributed by atoms with Crippen molar-refractivity contribution in [2.24, 2.45) is 0 Å². The summed E-state index contributed by atoms with van der Waals surface area (Å²) in [5.74, 6) is 0. The van der Waals surface area contributed by atoms with E-state index < -0.39 is 6.17 Å². The van der Waals surface area contributed by atoms with Crippen LogP contribution >= 0.6 is 0 Å². The van der Waals surface area contributed by atoms with E-state index in [1.54, 1.807) is 0 Å². The molecule has 0 aromatic carbocycles. The minimum absolute atomic E-state index is 0.561. The summed E-state index contributed by atoms with van der Waals surface area (Å²) in [4.78, 5) is 2.04. The Labute approximate surface area is 77.0 Å². The smallest absolute Gasteiger partial charge is 0.113 e. The van der Waals surface area contributed by atoms with Crippen molar-refractivity contribution in [2.45, 2.75) is 46.7 Å². The van der Waals surface area contributed by atoms with Crippen LogP contribution in [0.15, 0.2) is 0 Å². The molecule has 0 spiro atoms. The Bertz CT molecular complexity index is 68.2. The van der Waals surface area contributed by atoms with Gasteiger partial charge in [-0.05, 0) is 26.4 Å². The molecule has 0 aromatic heterocycles. The predicted molar refractivity (Wildman–Crippen MR) is 54.3 cm³/mol. The summed E-state index contributed by atoms with van der Waals surface area (Å²) < 4.78 is 12.4. The van der Waals surface area contributed by atoms with Gasteiger partial charge in [-0.15, -0.1) is 0 Å². The van der Waals surface area contributed by atoms with E-state index in [-0.39, 0.29) is 0 Å². The molecule has 0 N–H and O–H groups in total. The van der Waals surface area contributed by atoms with Gasteiger partial charge in [0.2, 0.25) is 0 Å². The van der Waals surface area contributed by atoms with E-state index >= 15 is 0 Å². The van der Waals surface area contributed by atoms with E-state index in [0.29, 0.717) is 6.54 Å². The molecule has 1 nitrogen and oxygen atoms in total. The van der Waals surface area contributed by atoms with Gasteiger partial charge in [-0.3, -0.25) is 0 Å². The zero-order valence-electron chi connectivity index (χ0n) is 9.23. The van der Waals surface area contributed by atoms with Crippen molar-refractivity contribution in [3.63, 3.8) is 0 Å². The standard InChI is InChI=1S/C6H12FN.2C2H6/c1-8-4-2-3-6(7)5-8;2*1-2/h6H,2-5H2,1H3;2*1-2H3. The Morgan fingerprint density at radius 1 is 1.17 bits per heavy atom. The maximum Gasteiger partial charge on any atom is 0.113 e. The molecule has 0 amide bonds. The zero-order chi connectivity index (χ0) is 9.98. The fourth-order valence-corrected chi connectivity index (χ4v) is 1.10. The lowest BCUT2D eigenvalue weighted by Gasteiger charge is -2.24. The molecule has 1 fully saturated rings. The first-order chi connectivity index (χ1) is 5.79. The van der Waals surface area contributed by atoms with Crippen LogP contribution in [0.2, 0.25) is 0 Å². The van der Waals surface area contributed by atoms with Crippen LogP contribution in [-0.4, -0.2) is 31.2 Å². The monoisotopic (exact) mass is 177 g/mol. The van der Waals surface area contributed by atoms with Gasteiger partial charge < -0.3 is 4.90 Å². The number of nitrogens with zero attached hydrogens (tertiary/aromatic N) is 1. The van der Waals surface area contributed by atoms with Crippen LogP contribution in [0.3, 0.4) is 0 Å². The third-order valence-electron chi connectivity index (χ3n) is 1.57. The fraction of sp³-hybridized carbons (Fsp3) is 1.00. The van der Waals surface area contributed by atoms with Crippen LogP contribution in [0, 0.1) is 0 Å². The van der Waals surface area contributed by atoms with Gasteiger partial charge in [-0.1, -0.05) is 27.7 Å². The maximum atomic E-state index is 12.4. The highest BCUT2D eigenvalue weighted by molar-refractivity contribution is 4.68. The van der Waals surface area contributed by atoms with Crippen LogP contribution in [0.25, 0.3) is 0 Å². The van der Waals surface area contributed by atoms with Crippen LogP contribution < -0.4 is 0 Å². The SMILES string of the molecule is CC.CC.CN1CCCC(F)C1. The normalized spacial score (nSPS) is 23.0. The van der Waals surface area contributed by atoms with E-state index in [9.17, 15) is 4.39 Å². The summed E-state index contributed by atoms with van der Waals surface area (Å²) in [6.07, 6.45) is 1.23. The largest absolute Gasteiger partial charge is 0.303 e.